The van der Waals surface area contributed by atoms with Crippen LogP contribution < -0.4 is 11.1 Å². The average Bonchev–Trinajstić information content (AvgIpc) is 2.23. The first kappa shape index (κ1) is 15.4. The lowest BCUT2D eigenvalue weighted by atomic mass is 9.95. The van der Waals surface area contributed by atoms with E-state index in [4.69, 9.17) is 10.5 Å². The number of nitrogens with one attached hydrogen (secondary N) is 1. The van der Waals surface area contributed by atoms with Crippen LogP contribution in [0.2, 0.25) is 0 Å². The van der Waals surface area contributed by atoms with Gasteiger partial charge in [-0.15, -0.1) is 0 Å². The van der Waals surface area contributed by atoms with Gasteiger partial charge >= 0.3 is 0 Å². The Kier molecular flexibility index (Phi) is 9.24. The molecule has 0 aromatic carbocycles. The van der Waals surface area contributed by atoms with Gasteiger partial charge in [0.25, 0.3) is 0 Å². The van der Waals surface area contributed by atoms with Gasteiger partial charge in [0, 0.05) is 26.3 Å². The fraction of sp³-hybridized carbons (Fsp3) is 0.917. The van der Waals surface area contributed by atoms with Crippen molar-refractivity contribution in [3.8, 4) is 0 Å². The van der Waals surface area contributed by atoms with Crippen molar-refractivity contribution in [3.63, 3.8) is 0 Å². The maximum atomic E-state index is 11.7. The quantitative estimate of drug-likeness (QED) is 0.584. The van der Waals surface area contributed by atoms with Gasteiger partial charge in [-0.25, -0.2) is 0 Å². The molecule has 0 fully saturated rings. The van der Waals surface area contributed by atoms with Crippen LogP contribution in [0.5, 0.6) is 0 Å². The summed E-state index contributed by atoms with van der Waals surface area (Å²) >= 11 is 0. The molecule has 0 saturated carbocycles. The standard InChI is InChI=1S/C12H26N2O2/c1-4-7-16-8-5-6-14-12(15)11(9-13)10(2)3/h10-11H,4-9,13H2,1-3H3,(H,14,15). The van der Waals surface area contributed by atoms with E-state index in [0.717, 1.165) is 19.4 Å². The molecule has 0 bridgehead atoms. The average molecular weight is 230 g/mol. The third kappa shape index (κ3) is 6.80. The number of carbonyl (C=O) groups excluding carboxylic acids is 1. The molecule has 0 aromatic heterocycles. The van der Waals surface area contributed by atoms with Crippen LogP contribution in [0.1, 0.15) is 33.6 Å². The van der Waals surface area contributed by atoms with E-state index in [9.17, 15) is 4.79 Å². The minimum atomic E-state index is -0.0726. The lowest BCUT2D eigenvalue weighted by molar-refractivity contribution is -0.125. The summed E-state index contributed by atoms with van der Waals surface area (Å²) in [6.45, 7) is 8.70. The molecule has 4 heteroatoms. The molecule has 96 valence electrons. The molecule has 3 N–H and O–H groups in total. The van der Waals surface area contributed by atoms with Crippen molar-refractivity contribution in [1.29, 1.82) is 0 Å². The van der Waals surface area contributed by atoms with E-state index in [2.05, 4.69) is 12.2 Å². The van der Waals surface area contributed by atoms with Crippen LogP contribution in [0.3, 0.4) is 0 Å². The Labute approximate surface area is 98.9 Å². The van der Waals surface area contributed by atoms with E-state index in [1.54, 1.807) is 0 Å². The second-order valence-electron chi connectivity index (χ2n) is 4.34. The van der Waals surface area contributed by atoms with Crippen molar-refractivity contribution in [2.75, 3.05) is 26.3 Å². The molecule has 1 unspecified atom stereocenters. The van der Waals surface area contributed by atoms with Crippen LogP contribution in [0.25, 0.3) is 0 Å². The van der Waals surface area contributed by atoms with Gasteiger partial charge in [-0.1, -0.05) is 20.8 Å². The van der Waals surface area contributed by atoms with Gasteiger partial charge in [-0.05, 0) is 18.8 Å². The maximum absolute atomic E-state index is 11.7. The SMILES string of the molecule is CCCOCCCNC(=O)C(CN)C(C)C. The monoisotopic (exact) mass is 230 g/mol. The number of nitrogens with two attached hydrogens (primary N) is 1. The first-order chi connectivity index (χ1) is 7.63. The fourth-order valence-corrected chi connectivity index (χ4v) is 1.45. The van der Waals surface area contributed by atoms with Crippen LogP contribution in [0.4, 0.5) is 0 Å². The molecule has 0 spiro atoms. The topological polar surface area (TPSA) is 64.3 Å². The van der Waals surface area contributed by atoms with E-state index < -0.39 is 0 Å². The van der Waals surface area contributed by atoms with Crippen molar-refractivity contribution in [2.45, 2.75) is 33.6 Å². The summed E-state index contributed by atoms with van der Waals surface area (Å²) in [4.78, 5) is 11.7. The molecule has 0 saturated heterocycles. The van der Waals surface area contributed by atoms with Gasteiger partial charge in [-0.2, -0.15) is 0 Å². The normalized spacial score (nSPS) is 12.8. The summed E-state index contributed by atoms with van der Waals surface area (Å²) < 4.78 is 5.32. The lowest BCUT2D eigenvalue weighted by Gasteiger charge is -2.18. The third-order valence-corrected chi connectivity index (χ3v) is 2.51. The molecule has 0 aliphatic rings. The van der Waals surface area contributed by atoms with E-state index in [1.807, 2.05) is 13.8 Å². The zero-order chi connectivity index (χ0) is 12.4. The number of carbonyl (C=O) groups is 1. The largest absolute Gasteiger partial charge is 0.381 e. The van der Waals surface area contributed by atoms with Crippen LogP contribution in [-0.2, 0) is 9.53 Å². The van der Waals surface area contributed by atoms with E-state index >= 15 is 0 Å². The number of ether oxygens (including phenoxy) is 1. The number of rotatable bonds is 9. The first-order valence-corrected chi connectivity index (χ1v) is 6.19. The smallest absolute Gasteiger partial charge is 0.224 e. The third-order valence-electron chi connectivity index (χ3n) is 2.51. The Morgan fingerprint density at radius 2 is 2.06 bits per heavy atom. The summed E-state index contributed by atoms with van der Waals surface area (Å²) in [6.07, 6.45) is 1.90. The summed E-state index contributed by atoms with van der Waals surface area (Å²) in [5, 5.41) is 2.89. The number of hydrogen-bond donors (Lipinski definition) is 2. The predicted molar refractivity (Wildman–Crippen MR) is 66.1 cm³/mol. The highest BCUT2D eigenvalue weighted by Crippen LogP contribution is 2.08. The van der Waals surface area contributed by atoms with Gasteiger partial charge in [0.2, 0.25) is 5.91 Å². The van der Waals surface area contributed by atoms with Crippen LogP contribution in [0, 0.1) is 11.8 Å². The van der Waals surface area contributed by atoms with Gasteiger partial charge < -0.3 is 15.8 Å². The molecule has 0 aliphatic carbocycles. The highest BCUT2D eigenvalue weighted by molar-refractivity contribution is 5.79. The minimum absolute atomic E-state index is 0.0630. The lowest BCUT2D eigenvalue weighted by Crippen LogP contribution is -2.38. The molecule has 0 heterocycles. The Balaban J connectivity index is 3.56. The van der Waals surface area contributed by atoms with Gasteiger partial charge in [0.1, 0.15) is 0 Å². The highest BCUT2D eigenvalue weighted by Gasteiger charge is 2.19. The Bertz CT molecular complexity index is 184. The van der Waals surface area contributed by atoms with Crippen molar-refractivity contribution >= 4 is 5.91 Å². The zero-order valence-electron chi connectivity index (χ0n) is 10.8. The summed E-state index contributed by atoms with van der Waals surface area (Å²) in [7, 11) is 0. The zero-order valence-corrected chi connectivity index (χ0v) is 10.8. The summed E-state index contributed by atoms with van der Waals surface area (Å²) in [5.74, 6) is 0.283. The fourth-order valence-electron chi connectivity index (χ4n) is 1.45. The summed E-state index contributed by atoms with van der Waals surface area (Å²) in [5.41, 5.74) is 5.56. The second-order valence-corrected chi connectivity index (χ2v) is 4.34. The first-order valence-electron chi connectivity index (χ1n) is 6.19. The van der Waals surface area contributed by atoms with Gasteiger partial charge in [0.15, 0.2) is 0 Å². The van der Waals surface area contributed by atoms with Crippen LogP contribution in [-0.4, -0.2) is 32.2 Å². The summed E-state index contributed by atoms with van der Waals surface area (Å²) in [6, 6.07) is 0. The Hall–Kier alpha value is -0.610. The predicted octanol–water partition coefficient (Wildman–Crippen LogP) is 1.15. The molecular formula is C12H26N2O2. The Morgan fingerprint density at radius 1 is 1.38 bits per heavy atom. The second kappa shape index (κ2) is 9.60. The minimum Gasteiger partial charge on any atom is -0.381 e. The molecule has 0 aromatic rings. The van der Waals surface area contributed by atoms with Crippen molar-refractivity contribution in [2.24, 2.45) is 17.6 Å². The molecule has 0 rings (SSSR count). The molecule has 0 radical (unpaired) electrons. The Morgan fingerprint density at radius 3 is 2.56 bits per heavy atom. The van der Waals surface area contributed by atoms with Crippen molar-refractivity contribution in [3.05, 3.63) is 0 Å². The van der Waals surface area contributed by atoms with Crippen molar-refractivity contribution < 1.29 is 9.53 Å². The number of amides is 1. The molecule has 4 nitrogen and oxygen atoms in total. The van der Waals surface area contributed by atoms with E-state index in [1.165, 1.54) is 0 Å². The van der Waals surface area contributed by atoms with Gasteiger partial charge in [-0.3, -0.25) is 4.79 Å². The highest BCUT2D eigenvalue weighted by atomic mass is 16.5. The van der Waals surface area contributed by atoms with Gasteiger partial charge in [0.05, 0.1) is 5.92 Å². The number of hydrogen-bond acceptors (Lipinski definition) is 3. The maximum Gasteiger partial charge on any atom is 0.224 e. The molecule has 16 heavy (non-hydrogen) atoms. The van der Waals surface area contributed by atoms with Crippen LogP contribution in [0.15, 0.2) is 0 Å². The molecule has 1 atom stereocenters. The molecule has 0 aliphatic heterocycles. The van der Waals surface area contributed by atoms with Crippen molar-refractivity contribution in [1.82, 2.24) is 5.32 Å². The van der Waals surface area contributed by atoms with E-state index in [0.29, 0.717) is 25.6 Å². The molecule has 1 amide bonds. The van der Waals surface area contributed by atoms with Crippen LogP contribution >= 0.6 is 0 Å². The molecular weight excluding hydrogens is 204 g/mol. The van der Waals surface area contributed by atoms with E-state index in [-0.39, 0.29) is 11.8 Å².